The molecule has 0 fully saturated rings. The molecule has 0 amide bonds. The number of ether oxygens (including phenoxy) is 3. The molecule has 0 radical (unpaired) electrons. The monoisotopic (exact) mass is 270 g/mol. The van der Waals surface area contributed by atoms with E-state index in [0.717, 1.165) is 5.56 Å². The van der Waals surface area contributed by atoms with Crippen LogP contribution in [0.2, 0.25) is 0 Å². The number of aliphatic hydroxyl groups excluding tert-OH is 2. The first-order chi connectivity index (χ1) is 9.34. The molecule has 0 saturated carbocycles. The van der Waals surface area contributed by atoms with E-state index in [9.17, 15) is 5.11 Å². The predicted molar refractivity (Wildman–Crippen MR) is 70.9 cm³/mol. The van der Waals surface area contributed by atoms with E-state index in [1.807, 2.05) is 30.3 Å². The van der Waals surface area contributed by atoms with Gasteiger partial charge in [-0.25, -0.2) is 0 Å². The van der Waals surface area contributed by atoms with Crippen LogP contribution in [0.3, 0.4) is 0 Å². The van der Waals surface area contributed by atoms with Gasteiger partial charge < -0.3 is 24.4 Å². The predicted octanol–water partition coefficient (Wildman–Crippen LogP) is 0.762. The molecule has 0 aliphatic rings. The van der Waals surface area contributed by atoms with E-state index in [1.165, 1.54) is 0 Å². The fourth-order valence-electron chi connectivity index (χ4n) is 1.47. The van der Waals surface area contributed by atoms with Crippen LogP contribution < -0.4 is 0 Å². The number of aliphatic hydroxyl groups is 2. The Bertz CT molecular complexity index is 304. The zero-order valence-electron chi connectivity index (χ0n) is 11.0. The van der Waals surface area contributed by atoms with Crippen LogP contribution in [0.15, 0.2) is 30.3 Å². The standard InChI is InChI=1S/C14H22O5/c15-6-7-17-8-9-18-10-11-19-12-14(16)13-4-2-1-3-5-13/h1-5,14-16H,6-12H2. The molecule has 108 valence electrons. The number of hydrogen-bond acceptors (Lipinski definition) is 5. The molecule has 0 aliphatic heterocycles. The lowest BCUT2D eigenvalue weighted by Crippen LogP contribution is -2.13. The molecular weight excluding hydrogens is 248 g/mol. The van der Waals surface area contributed by atoms with Gasteiger partial charge in [0.15, 0.2) is 0 Å². The first-order valence-electron chi connectivity index (χ1n) is 6.41. The van der Waals surface area contributed by atoms with Crippen LogP contribution in [-0.4, -0.2) is 56.5 Å². The normalized spacial score (nSPS) is 12.5. The average Bonchev–Trinajstić information content (AvgIpc) is 2.46. The Morgan fingerprint density at radius 3 is 2.05 bits per heavy atom. The summed E-state index contributed by atoms with van der Waals surface area (Å²) in [5.41, 5.74) is 0.848. The second kappa shape index (κ2) is 10.9. The maximum absolute atomic E-state index is 9.81. The van der Waals surface area contributed by atoms with E-state index in [2.05, 4.69) is 0 Å². The Labute approximate surface area is 113 Å². The van der Waals surface area contributed by atoms with Crippen LogP contribution in [0.25, 0.3) is 0 Å². The quantitative estimate of drug-likeness (QED) is 0.581. The first kappa shape index (κ1) is 16.1. The largest absolute Gasteiger partial charge is 0.394 e. The fourth-order valence-corrected chi connectivity index (χ4v) is 1.47. The van der Waals surface area contributed by atoms with Crippen molar-refractivity contribution in [3.05, 3.63) is 35.9 Å². The van der Waals surface area contributed by atoms with Crippen LogP contribution in [-0.2, 0) is 14.2 Å². The van der Waals surface area contributed by atoms with Crippen LogP contribution in [0, 0.1) is 0 Å². The van der Waals surface area contributed by atoms with Crippen LogP contribution in [0.1, 0.15) is 11.7 Å². The molecule has 5 heteroatoms. The molecule has 0 saturated heterocycles. The Morgan fingerprint density at radius 1 is 0.842 bits per heavy atom. The van der Waals surface area contributed by atoms with Gasteiger partial charge in [-0.05, 0) is 5.56 Å². The Hall–Kier alpha value is -0.980. The summed E-state index contributed by atoms with van der Waals surface area (Å²) in [5.74, 6) is 0. The lowest BCUT2D eigenvalue weighted by Gasteiger charge is -2.11. The van der Waals surface area contributed by atoms with Crippen LogP contribution >= 0.6 is 0 Å². The molecule has 2 N–H and O–H groups in total. The van der Waals surface area contributed by atoms with Gasteiger partial charge >= 0.3 is 0 Å². The van der Waals surface area contributed by atoms with Crippen molar-refractivity contribution in [3.8, 4) is 0 Å². The number of hydrogen-bond donors (Lipinski definition) is 2. The molecule has 1 unspecified atom stereocenters. The lowest BCUT2D eigenvalue weighted by atomic mass is 10.1. The number of benzene rings is 1. The molecule has 0 heterocycles. The van der Waals surface area contributed by atoms with Crippen molar-refractivity contribution in [1.82, 2.24) is 0 Å². The molecule has 1 atom stereocenters. The zero-order valence-corrected chi connectivity index (χ0v) is 11.0. The van der Waals surface area contributed by atoms with Gasteiger partial charge in [-0.1, -0.05) is 30.3 Å². The van der Waals surface area contributed by atoms with Crippen molar-refractivity contribution >= 4 is 0 Å². The van der Waals surface area contributed by atoms with Crippen LogP contribution in [0.4, 0.5) is 0 Å². The van der Waals surface area contributed by atoms with Gasteiger partial charge in [-0.15, -0.1) is 0 Å². The number of rotatable bonds is 11. The highest BCUT2D eigenvalue weighted by atomic mass is 16.5. The molecule has 1 aromatic carbocycles. The van der Waals surface area contributed by atoms with E-state index < -0.39 is 6.10 Å². The third kappa shape index (κ3) is 7.92. The molecule has 0 bridgehead atoms. The first-order valence-corrected chi connectivity index (χ1v) is 6.41. The van der Waals surface area contributed by atoms with E-state index in [4.69, 9.17) is 19.3 Å². The topological polar surface area (TPSA) is 68.2 Å². The molecule has 0 spiro atoms. The molecule has 0 aliphatic carbocycles. The van der Waals surface area contributed by atoms with Crippen molar-refractivity contribution in [1.29, 1.82) is 0 Å². The minimum atomic E-state index is -0.603. The van der Waals surface area contributed by atoms with Crippen molar-refractivity contribution in [2.24, 2.45) is 0 Å². The van der Waals surface area contributed by atoms with Gasteiger partial charge in [0.25, 0.3) is 0 Å². The lowest BCUT2D eigenvalue weighted by molar-refractivity contribution is -0.0131. The van der Waals surface area contributed by atoms with Crippen molar-refractivity contribution in [2.45, 2.75) is 6.10 Å². The summed E-state index contributed by atoms with van der Waals surface area (Å²) < 4.78 is 15.6. The molecular formula is C14H22O5. The molecule has 1 aromatic rings. The van der Waals surface area contributed by atoms with Crippen molar-refractivity contribution in [2.75, 3.05) is 46.2 Å². The summed E-state index contributed by atoms with van der Waals surface area (Å²) in [6, 6.07) is 9.40. The van der Waals surface area contributed by atoms with Gasteiger partial charge in [-0.2, -0.15) is 0 Å². The van der Waals surface area contributed by atoms with E-state index in [-0.39, 0.29) is 13.2 Å². The van der Waals surface area contributed by atoms with Gasteiger partial charge in [-0.3, -0.25) is 0 Å². The Kier molecular flexibility index (Phi) is 9.22. The second-order valence-electron chi connectivity index (χ2n) is 3.95. The van der Waals surface area contributed by atoms with E-state index in [0.29, 0.717) is 33.0 Å². The van der Waals surface area contributed by atoms with E-state index >= 15 is 0 Å². The zero-order chi connectivity index (χ0) is 13.8. The van der Waals surface area contributed by atoms with Crippen molar-refractivity contribution in [3.63, 3.8) is 0 Å². The highest BCUT2D eigenvalue weighted by molar-refractivity contribution is 5.17. The molecule has 19 heavy (non-hydrogen) atoms. The maximum atomic E-state index is 9.81. The Morgan fingerprint density at radius 2 is 1.42 bits per heavy atom. The smallest absolute Gasteiger partial charge is 0.102 e. The second-order valence-corrected chi connectivity index (χ2v) is 3.95. The van der Waals surface area contributed by atoms with Gasteiger partial charge in [0, 0.05) is 0 Å². The average molecular weight is 270 g/mol. The molecule has 0 aromatic heterocycles. The van der Waals surface area contributed by atoms with Gasteiger partial charge in [0.05, 0.1) is 46.2 Å². The maximum Gasteiger partial charge on any atom is 0.102 e. The van der Waals surface area contributed by atoms with E-state index in [1.54, 1.807) is 0 Å². The summed E-state index contributed by atoms with van der Waals surface area (Å²) in [4.78, 5) is 0. The fraction of sp³-hybridized carbons (Fsp3) is 0.571. The highest BCUT2D eigenvalue weighted by Gasteiger charge is 2.06. The minimum Gasteiger partial charge on any atom is -0.394 e. The molecule has 1 rings (SSSR count). The van der Waals surface area contributed by atoms with Crippen LogP contribution in [0.5, 0.6) is 0 Å². The third-order valence-corrected chi connectivity index (χ3v) is 2.44. The highest BCUT2D eigenvalue weighted by Crippen LogP contribution is 2.11. The SMILES string of the molecule is OCCOCCOCCOCC(O)c1ccccc1. The molecule has 5 nitrogen and oxygen atoms in total. The third-order valence-electron chi connectivity index (χ3n) is 2.44. The summed E-state index contributed by atoms with van der Waals surface area (Å²) >= 11 is 0. The summed E-state index contributed by atoms with van der Waals surface area (Å²) in [6.07, 6.45) is -0.603. The summed E-state index contributed by atoms with van der Waals surface area (Å²) in [5, 5.41) is 18.3. The van der Waals surface area contributed by atoms with Crippen molar-refractivity contribution < 1.29 is 24.4 Å². The summed E-state index contributed by atoms with van der Waals surface area (Å²) in [6.45, 7) is 2.46. The summed E-state index contributed by atoms with van der Waals surface area (Å²) in [7, 11) is 0. The van der Waals surface area contributed by atoms with Gasteiger partial charge in [0.1, 0.15) is 6.10 Å². The Balaban J connectivity index is 1.93. The van der Waals surface area contributed by atoms with Gasteiger partial charge in [0.2, 0.25) is 0 Å². The minimum absolute atomic E-state index is 0.0283.